The number of hydrogen-bond acceptors (Lipinski definition) is 5. The van der Waals surface area contributed by atoms with E-state index in [9.17, 15) is 0 Å². The third kappa shape index (κ3) is 3.27. The summed E-state index contributed by atoms with van der Waals surface area (Å²) in [5.41, 5.74) is 9.80. The van der Waals surface area contributed by atoms with Gasteiger partial charge in [0.15, 0.2) is 0 Å². The third-order valence-corrected chi connectivity index (χ3v) is 3.70. The largest absolute Gasteiger partial charge is 0.477 e. The molecule has 0 aromatic carbocycles. The van der Waals surface area contributed by atoms with Crippen LogP contribution in [0.3, 0.4) is 0 Å². The first kappa shape index (κ1) is 13.0. The molecule has 0 spiro atoms. The van der Waals surface area contributed by atoms with Crippen molar-refractivity contribution >= 4 is 11.3 Å². The van der Waals surface area contributed by atoms with Crippen molar-refractivity contribution < 1.29 is 4.74 Å². The average molecular weight is 263 g/mol. The number of aryl methyl sites for hydroxylation is 1. The highest BCUT2D eigenvalue weighted by Crippen LogP contribution is 2.16. The van der Waals surface area contributed by atoms with Gasteiger partial charge in [-0.3, -0.25) is 0 Å². The summed E-state index contributed by atoms with van der Waals surface area (Å²) in [6, 6.07) is 3.80. The Labute approximate surface area is 111 Å². The second-order valence-corrected chi connectivity index (χ2v) is 5.11. The average Bonchev–Trinajstić information content (AvgIpc) is 2.76. The van der Waals surface area contributed by atoms with Crippen molar-refractivity contribution in [3.05, 3.63) is 40.0 Å². The van der Waals surface area contributed by atoms with Crippen LogP contribution >= 0.6 is 11.3 Å². The van der Waals surface area contributed by atoms with Crippen LogP contribution in [0.25, 0.3) is 0 Å². The van der Waals surface area contributed by atoms with E-state index in [-0.39, 0.29) is 6.04 Å². The zero-order chi connectivity index (χ0) is 13.0. The molecule has 0 aliphatic carbocycles. The molecule has 2 heterocycles. The van der Waals surface area contributed by atoms with Gasteiger partial charge in [-0.05, 0) is 25.5 Å². The number of thiazole rings is 1. The van der Waals surface area contributed by atoms with Gasteiger partial charge in [-0.1, -0.05) is 0 Å². The number of pyridine rings is 1. The van der Waals surface area contributed by atoms with E-state index in [4.69, 9.17) is 10.5 Å². The molecule has 2 N–H and O–H groups in total. The Morgan fingerprint density at radius 1 is 1.44 bits per heavy atom. The summed E-state index contributed by atoms with van der Waals surface area (Å²) < 4.78 is 5.64. The van der Waals surface area contributed by atoms with Gasteiger partial charge in [0, 0.05) is 29.6 Å². The fraction of sp³-hybridized carbons (Fsp3) is 0.385. The summed E-state index contributed by atoms with van der Waals surface area (Å²) in [6.07, 6.45) is 2.59. The van der Waals surface area contributed by atoms with Crippen molar-refractivity contribution in [2.75, 3.05) is 6.61 Å². The summed E-state index contributed by atoms with van der Waals surface area (Å²) in [6.45, 7) is 4.57. The zero-order valence-corrected chi connectivity index (χ0v) is 11.4. The number of rotatable bonds is 5. The molecule has 2 aromatic heterocycles. The van der Waals surface area contributed by atoms with E-state index in [1.54, 1.807) is 17.5 Å². The maximum atomic E-state index is 5.82. The van der Waals surface area contributed by atoms with Crippen LogP contribution in [0.4, 0.5) is 0 Å². The summed E-state index contributed by atoms with van der Waals surface area (Å²) in [5.74, 6) is 0.631. The van der Waals surface area contributed by atoms with Crippen LogP contribution in [0.5, 0.6) is 5.88 Å². The maximum absolute atomic E-state index is 5.82. The lowest BCUT2D eigenvalue weighted by Gasteiger charge is -2.08. The summed E-state index contributed by atoms with van der Waals surface area (Å²) in [4.78, 5) is 9.65. The predicted molar refractivity (Wildman–Crippen MR) is 72.9 cm³/mol. The molecule has 0 saturated carbocycles. The number of ether oxygens (including phenoxy) is 1. The molecule has 2 aromatic rings. The second kappa shape index (κ2) is 5.93. The molecule has 5 heteroatoms. The fourth-order valence-electron chi connectivity index (χ4n) is 1.60. The molecule has 4 nitrogen and oxygen atoms in total. The smallest absolute Gasteiger partial charge is 0.213 e. The molecule has 0 radical (unpaired) electrons. The molecule has 0 bridgehead atoms. The Bertz CT molecular complexity index is 510. The van der Waals surface area contributed by atoms with Crippen LogP contribution in [0.2, 0.25) is 0 Å². The minimum absolute atomic E-state index is 0.000842. The van der Waals surface area contributed by atoms with Crippen molar-refractivity contribution in [2.45, 2.75) is 26.3 Å². The lowest BCUT2D eigenvalue weighted by molar-refractivity contribution is 0.309. The molecule has 0 saturated heterocycles. The van der Waals surface area contributed by atoms with Crippen molar-refractivity contribution in [2.24, 2.45) is 5.73 Å². The van der Waals surface area contributed by atoms with Crippen molar-refractivity contribution in [1.29, 1.82) is 0 Å². The summed E-state index contributed by atoms with van der Waals surface area (Å²) in [7, 11) is 0. The quantitative estimate of drug-likeness (QED) is 0.900. The molecule has 0 aliphatic heterocycles. The lowest BCUT2D eigenvalue weighted by atomic mass is 10.1. The van der Waals surface area contributed by atoms with Gasteiger partial charge in [0.2, 0.25) is 5.88 Å². The molecule has 1 unspecified atom stereocenters. The molecule has 0 amide bonds. The third-order valence-electron chi connectivity index (χ3n) is 2.71. The Morgan fingerprint density at radius 3 is 2.94 bits per heavy atom. The van der Waals surface area contributed by atoms with Crippen LogP contribution in [0.15, 0.2) is 23.8 Å². The first-order valence-corrected chi connectivity index (χ1v) is 6.78. The standard InChI is InChI=1S/C13H17N3OS/c1-9(14)11-3-5-15-13(7-11)17-6-4-12-10(2)16-8-18-12/h3,5,7-9H,4,6,14H2,1-2H3. The minimum atomic E-state index is -0.000842. The van der Waals surface area contributed by atoms with Gasteiger partial charge in [0.05, 0.1) is 17.8 Å². The highest BCUT2D eigenvalue weighted by Gasteiger charge is 2.04. The van der Waals surface area contributed by atoms with Crippen molar-refractivity contribution in [3.8, 4) is 5.88 Å². The van der Waals surface area contributed by atoms with Crippen LogP contribution in [0.1, 0.15) is 29.1 Å². The van der Waals surface area contributed by atoms with E-state index < -0.39 is 0 Å². The Hall–Kier alpha value is -1.46. The van der Waals surface area contributed by atoms with Crippen molar-refractivity contribution in [3.63, 3.8) is 0 Å². The van der Waals surface area contributed by atoms with Crippen LogP contribution in [-0.2, 0) is 6.42 Å². The van der Waals surface area contributed by atoms with E-state index in [2.05, 4.69) is 9.97 Å². The first-order chi connectivity index (χ1) is 8.66. The molecular formula is C13H17N3OS. The topological polar surface area (TPSA) is 61.0 Å². The fourth-order valence-corrected chi connectivity index (χ4v) is 2.36. The number of aromatic nitrogens is 2. The van der Waals surface area contributed by atoms with Crippen molar-refractivity contribution in [1.82, 2.24) is 9.97 Å². The van der Waals surface area contributed by atoms with Gasteiger partial charge in [-0.2, -0.15) is 0 Å². The van der Waals surface area contributed by atoms with Gasteiger partial charge in [0.1, 0.15) is 0 Å². The predicted octanol–water partition coefficient (Wildman–Crippen LogP) is 2.49. The van der Waals surface area contributed by atoms with E-state index in [1.165, 1.54) is 4.88 Å². The molecule has 0 aliphatic rings. The Kier molecular flexibility index (Phi) is 4.28. The number of hydrogen-bond donors (Lipinski definition) is 1. The molecule has 18 heavy (non-hydrogen) atoms. The second-order valence-electron chi connectivity index (χ2n) is 4.18. The molecule has 1 atom stereocenters. The van der Waals surface area contributed by atoms with E-state index in [1.807, 2.05) is 31.5 Å². The molecule has 2 rings (SSSR count). The van der Waals surface area contributed by atoms with Gasteiger partial charge < -0.3 is 10.5 Å². The molecule has 0 fully saturated rings. The maximum Gasteiger partial charge on any atom is 0.213 e. The van der Waals surface area contributed by atoms with Gasteiger partial charge in [-0.25, -0.2) is 9.97 Å². The van der Waals surface area contributed by atoms with Crippen LogP contribution < -0.4 is 10.5 Å². The number of nitrogens with two attached hydrogens (primary N) is 1. The zero-order valence-electron chi connectivity index (χ0n) is 10.6. The Morgan fingerprint density at radius 2 is 2.28 bits per heavy atom. The molecule has 96 valence electrons. The Balaban J connectivity index is 1.90. The summed E-state index contributed by atoms with van der Waals surface area (Å²) >= 11 is 1.66. The van der Waals surface area contributed by atoms with Gasteiger partial charge in [0.25, 0.3) is 0 Å². The molecular weight excluding hydrogens is 246 g/mol. The monoisotopic (exact) mass is 263 g/mol. The SMILES string of the molecule is Cc1ncsc1CCOc1cc(C(C)N)ccn1. The van der Waals surface area contributed by atoms with Gasteiger partial charge >= 0.3 is 0 Å². The van der Waals surface area contributed by atoms with Crippen LogP contribution in [-0.4, -0.2) is 16.6 Å². The van der Waals surface area contributed by atoms with E-state index >= 15 is 0 Å². The van der Waals surface area contributed by atoms with E-state index in [0.29, 0.717) is 12.5 Å². The van der Waals surface area contributed by atoms with Gasteiger partial charge in [-0.15, -0.1) is 11.3 Å². The summed E-state index contributed by atoms with van der Waals surface area (Å²) in [5, 5.41) is 0. The highest BCUT2D eigenvalue weighted by molar-refractivity contribution is 7.09. The lowest BCUT2D eigenvalue weighted by Crippen LogP contribution is -2.07. The highest BCUT2D eigenvalue weighted by atomic mass is 32.1. The number of nitrogens with zero attached hydrogens (tertiary/aromatic N) is 2. The van der Waals surface area contributed by atoms with E-state index in [0.717, 1.165) is 17.7 Å². The minimum Gasteiger partial charge on any atom is -0.477 e. The normalized spacial score (nSPS) is 12.4. The first-order valence-electron chi connectivity index (χ1n) is 5.90. The van der Waals surface area contributed by atoms with Crippen LogP contribution in [0, 0.1) is 6.92 Å².